The first kappa shape index (κ1) is 18.7. The lowest BCUT2D eigenvalue weighted by Crippen LogP contribution is -2.49. The molecule has 0 spiro atoms. The first-order chi connectivity index (χ1) is 14.1. The van der Waals surface area contributed by atoms with Crippen molar-refractivity contribution in [2.75, 3.05) is 6.54 Å². The van der Waals surface area contributed by atoms with Crippen molar-refractivity contribution in [1.29, 1.82) is 0 Å². The average molecular weight is 391 g/mol. The SMILES string of the molecule is CC1Oc2ccccc2OC1C(=O)NCCn1nc(-c2ccccc2)ccc1=O. The molecular weight excluding hydrogens is 370 g/mol. The maximum absolute atomic E-state index is 12.6. The summed E-state index contributed by atoms with van der Waals surface area (Å²) in [5.74, 6) is 0.871. The molecule has 0 saturated carbocycles. The highest BCUT2D eigenvalue weighted by Gasteiger charge is 2.33. The van der Waals surface area contributed by atoms with Gasteiger partial charge in [-0.15, -0.1) is 0 Å². The van der Waals surface area contributed by atoms with Crippen molar-refractivity contribution in [3.05, 3.63) is 77.1 Å². The molecule has 0 saturated heterocycles. The average Bonchev–Trinajstić information content (AvgIpc) is 2.75. The van der Waals surface area contributed by atoms with Gasteiger partial charge in [0, 0.05) is 18.2 Å². The molecule has 1 amide bonds. The minimum absolute atomic E-state index is 0.224. The summed E-state index contributed by atoms with van der Waals surface area (Å²) in [4.78, 5) is 24.7. The molecule has 1 aliphatic heterocycles. The summed E-state index contributed by atoms with van der Waals surface area (Å²) >= 11 is 0. The molecule has 1 N–H and O–H groups in total. The molecule has 7 heteroatoms. The van der Waals surface area contributed by atoms with E-state index in [1.54, 1.807) is 25.1 Å². The highest BCUT2D eigenvalue weighted by molar-refractivity contribution is 5.82. The van der Waals surface area contributed by atoms with E-state index >= 15 is 0 Å². The lowest BCUT2D eigenvalue weighted by atomic mass is 10.1. The molecule has 4 rings (SSSR count). The van der Waals surface area contributed by atoms with Gasteiger partial charge >= 0.3 is 0 Å². The highest BCUT2D eigenvalue weighted by Crippen LogP contribution is 2.33. The van der Waals surface area contributed by atoms with Crippen LogP contribution < -0.4 is 20.3 Å². The number of rotatable bonds is 5. The Morgan fingerprint density at radius 1 is 1.00 bits per heavy atom. The number of hydrogen-bond acceptors (Lipinski definition) is 5. The van der Waals surface area contributed by atoms with Crippen LogP contribution >= 0.6 is 0 Å². The second-order valence-electron chi connectivity index (χ2n) is 6.75. The van der Waals surface area contributed by atoms with Crippen LogP contribution in [0.2, 0.25) is 0 Å². The predicted molar refractivity (Wildman–Crippen MR) is 108 cm³/mol. The molecule has 1 aliphatic rings. The molecule has 2 aromatic carbocycles. The summed E-state index contributed by atoms with van der Waals surface area (Å²) in [6.07, 6.45) is -1.18. The van der Waals surface area contributed by atoms with E-state index in [-0.39, 0.29) is 24.6 Å². The van der Waals surface area contributed by atoms with E-state index in [4.69, 9.17) is 9.47 Å². The molecule has 0 fully saturated rings. The fourth-order valence-electron chi connectivity index (χ4n) is 3.16. The minimum Gasteiger partial charge on any atom is -0.482 e. The number of para-hydroxylation sites is 2. The second kappa shape index (κ2) is 8.18. The zero-order chi connectivity index (χ0) is 20.2. The number of aromatic nitrogens is 2. The Bertz CT molecular complexity index is 1060. The van der Waals surface area contributed by atoms with Gasteiger partial charge in [-0.3, -0.25) is 9.59 Å². The quantitative estimate of drug-likeness (QED) is 0.721. The van der Waals surface area contributed by atoms with Gasteiger partial charge in [-0.2, -0.15) is 5.10 Å². The molecule has 3 aromatic rings. The van der Waals surface area contributed by atoms with Gasteiger partial charge in [0.15, 0.2) is 11.5 Å². The van der Waals surface area contributed by atoms with Gasteiger partial charge in [-0.1, -0.05) is 42.5 Å². The molecule has 2 atom stereocenters. The molecule has 148 valence electrons. The van der Waals surface area contributed by atoms with E-state index in [0.717, 1.165) is 5.56 Å². The standard InChI is InChI=1S/C22H21N3O4/c1-15-21(29-19-10-6-5-9-18(19)28-15)22(27)23-13-14-25-20(26)12-11-17(24-25)16-7-3-2-4-8-16/h2-12,15,21H,13-14H2,1H3,(H,23,27). The van der Waals surface area contributed by atoms with Gasteiger partial charge in [0.25, 0.3) is 11.5 Å². The van der Waals surface area contributed by atoms with Crippen molar-refractivity contribution in [2.45, 2.75) is 25.7 Å². The first-order valence-electron chi connectivity index (χ1n) is 9.45. The van der Waals surface area contributed by atoms with E-state index in [2.05, 4.69) is 10.4 Å². The summed E-state index contributed by atoms with van der Waals surface area (Å²) < 4.78 is 12.9. The van der Waals surface area contributed by atoms with E-state index in [1.807, 2.05) is 42.5 Å². The number of carbonyl (C=O) groups excluding carboxylic acids is 1. The maximum Gasteiger partial charge on any atom is 0.266 e. The topological polar surface area (TPSA) is 82.4 Å². The van der Waals surface area contributed by atoms with Crippen molar-refractivity contribution in [3.63, 3.8) is 0 Å². The van der Waals surface area contributed by atoms with Crippen LogP contribution in [-0.2, 0) is 11.3 Å². The second-order valence-corrected chi connectivity index (χ2v) is 6.75. The fourth-order valence-corrected chi connectivity index (χ4v) is 3.16. The number of benzene rings is 2. The van der Waals surface area contributed by atoms with Crippen molar-refractivity contribution >= 4 is 5.91 Å². The van der Waals surface area contributed by atoms with E-state index in [9.17, 15) is 9.59 Å². The lowest BCUT2D eigenvalue weighted by Gasteiger charge is -2.31. The molecule has 2 heterocycles. The molecule has 29 heavy (non-hydrogen) atoms. The molecule has 7 nitrogen and oxygen atoms in total. The van der Waals surface area contributed by atoms with Crippen molar-refractivity contribution in [1.82, 2.24) is 15.1 Å². The zero-order valence-electron chi connectivity index (χ0n) is 15.9. The predicted octanol–water partition coefficient (Wildman–Crippen LogP) is 2.25. The summed E-state index contributed by atoms with van der Waals surface area (Å²) in [7, 11) is 0. The first-order valence-corrected chi connectivity index (χ1v) is 9.45. The normalized spacial score (nSPS) is 17.6. The minimum atomic E-state index is -0.759. The van der Waals surface area contributed by atoms with E-state index in [1.165, 1.54) is 10.7 Å². The van der Waals surface area contributed by atoms with Crippen LogP contribution in [0.4, 0.5) is 0 Å². The lowest BCUT2D eigenvalue weighted by molar-refractivity contribution is -0.133. The number of hydrogen-bond donors (Lipinski definition) is 1. The van der Waals surface area contributed by atoms with Crippen LogP contribution in [-0.4, -0.2) is 34.4 Å². The third-order valence-corrected chi connectivity index (χ3v) is 4.66. The third kappa shape index (κ3) is 4.13. The number of ether oxygens (including phenoxy) is 2. The van der Waals surface area contributed by atoms with Crippen molar-refractivity contribution in [3.8, 4) is 22.8 Å². The van der Waals surface area contributed by atoms with E-state index in [0.29, 0.717) is 17.2 Å². The van der Waals surface area contributed by atoms with E-state index < -0.39 is 12.2 Å². The molecule has 2 unspecified atom stereocenters. The number of carbonyl (C=O) groups is 1. The Morgan fingerprint density at radius 3 is 2.45 bits per heavy atom. The number of fused-ring (bicyclic) bond motifs is 1. The van der Waals surface area contributed by atoms with Crippen LogP contribution in [0.25, 0.3) is 11.3 Å². The monoisotopic (exact) mass is 391 g/mol. The van der Waals surface area contributed by atoms with Crippen LogP contribution in [0, 0.1) is 0 Å². The van der Waals surface area contributed by atoms with Gasteiger partial charge in [0.1, 0.15) is 6.10 Å². The summed E-state index contributed by atoms with van der Waals surface area (Å²) in [6.45, 7) is 2.29. The van der Waals surface area contributed by atoms with Gasteiger partial charge in [0.2, 0.25) is 6.10 Å². The van der Waals surface area contributed by atoms with Crippen LogP contribution in [0.3, 0.4) is 0 Å². The van der Waals surface area contributed by atoms with Crippen LogP contribution in [0.5, 0.6) is 11.5 Å². The van der Waals surface area contributed by atoms with Crippen molar-refractivity contribution < 1.29 is 14.3 Å². The van der Waals surface area contributed by atoms with Gasteiger partial charge in [-0.25, -0.2) is 4.68 Å². The fraction of sp³-hybridized carbons (Fsp3) is 0.227. The van der Waals surface area contributed by atoms with Gasteiger partial charge in [0.05, 0.1) is 12.2 Å². The Labute approximate surface area is 167 Å². The third-order valence-electron chi connectivity index (χ3n) is 4.66. The molecule has 0 bridgehead atoms. The van der Waals surface area contributed by atoms with Crippen molar-refractivity contribution in [2.24, 2.45) is 0 Å². The Balaban J connectivity index is 1.39. The highest BCUT2D eigenvalue weighted by atomic mass is 16.6. The Kier molecular flexibility index (Phi) is 5.29. The largest absolute Gasteiger partial charge is 0.482 e. The Morgan fingerprint density at radius 2 is 1.69 bits per heavy atom. The number of amides is 1. The molecular formula is C22H21N3O4. The number of nitrogens with zero attached hydrogens (tertiary/aromatic N) is 2. The molecule has 0 aliphatic carbocycles. The Hall–Kier alpha value is -3.61. The van der Waals surface area contributed by atoms with Gasteiger partial charge < -0.3 is 14.8 Å². The maximum atomic E-state index is 12.6. The summed E-state index contributed by atoms with van der Waals surface area (Å²) in [5.41, 5.74) is 1.40. The summed E-state index contributed by atoms with van der Waals surface area (Å²) in [5, 5.41) is 7.20. The summed E-state index contributed by atoms with van der Waals surface area (Å²) in [6, 6.07) is 20.0. The van der Waals surface area contributed by atoms with Crippen LogP contribution in [0.1, 0.15) is 6.92 Å². The van der Waals surface area contributed by atoms with Crippen LogP contribution in [0.15, 0.2) is 71.5 Å². The smallest absolute Gasteiger partial charge is 0.266 e. The molecule has 1 aromatic heterocycles. The zero-order valence-corrected chi connectivity index (χ0v) is 15.9. The molecule has 0 radical (unpaired) electrons. The van der Waals surface area contributed by atoms with Gasteiger partial charge in [-0.05, 0) is 25.1 Å². The number of nitrogens with one attached hydrogen (secondary N) is 1.